The SMILES string of the molecule is CCOc1ccc(N=Cc2cc(Cl)cc([N+](=O)[O-])c2O)cc1OCC. The lowest BCUT2D eigenvalue weighted by atomic mass is 10.2. The first kappa shape index (κ1) is 18.5. The predicted octanol–water partition coefficient (Wildman–Crippen LogP) is 4.50. The first-order chi connectivity index (χ1) is 12.0. The molecule has 2 aromatic rings. The van der Waals surface area contributed by atoms with E-state index in [0.29, 0.717) is 30.4 Å². The summed E-state index contributed by atoms with van der Waals surface area (Å²) in [6.07, 6.45) is 1.31. The van der Waals surface area contributed by atoms with Gasteiger partial charge in [-0.15, -0.1) is 0 Å². The Morgan fingerprint density at radius 1 is 1.20 bits per heavy atom. The van der Waals surface area contributed by atoms with Crippen LogP contribution >= 0.6 is 11.6 Å². The van der Waals surface area contributed by atoms with Gasteiger partial charge in [0.15, 0.2) is 11.5 Å². The molecule has 132 valence electrons. The van der Waals surface area contributed by atoms with E-state index in [4.69, 9.17) is 21.1 Å². The zero-order valence-electron chi connectivity index (χ0n) is 13.7. The maximum absolute atomic E-state index is 10.9. The summed E-state index contributed by atoms with van der Waals surface area (Å²) in [6, 6.07) is 7.59. The van der Waals surface area contributed by atoms with Gasteiger partial charge >= 0.3 is 5.69 Å². The summed E-state index contributed by atoms with van der Waals surface area (Å²) < 4.78 is 11.0. The molecule has 0 saturated heterocycles. The van der Waals surface area contributed by atoms with E-state index in [1.165, 1.54) is 12.3 Å². The second-order valence-electron chi connectivity index (χ2n) is 4.88. The van der Waals surface area contributed by atoms with Gasteiger partial charge < -0.3 is 14.6 Å². The number of nitro benzene ring substituents is 1. The molecule has 0 radical (unpaired) electrons. The van der Waals surface area contributed by atoms with Crippen LogP contribution in [0.1, 0.15) is 19.4 Å². The minimum atomic E-state index is -0.706. The lowest BCUT2D eigenvalue weighted by Crippen LogP contribution is -1.97. The Labute approximate surface area is 149 Å². The van der Waals surface area contributed by atoms with Crippen molar-refractivity contribution >= 4 is 29.2 Å². The number of hydrogen-bond acceptors (Lipinski definition) is 6. The minimum Gasteiger partial charge on any atom is -0.502 e. The van der Waals surface area contributed by atoms with E-state index in [0.717, 1.165) is 6.07 Å². The first-order valence-corrected chi connectivity index (χ1v) is 7.94. The molecular formula is C17H17ClN2O5. The van der Waals surface area contributed by atoms with Gasteiger partial charge in [-0.3, -0.25) is 15.1 Å². The number of phenolic OH excluding ortho intramolecular Hbond substituents is 1. The number of nitro groups is 1. The molecule has 0 aliphatic rings. The molecule has 0 aliphatic carbocycles. The zero-order chi connectivity index (χ0) is 18.4. The third-order valence-corrected chi connectivity index (χ3v) is 3.38. The molecule has 0 heterocycles. The molecular weight excluding hydrogens is 348 g/mol. The Balaban J connectivity index is 2.36. The van der Waals surface area contributed by atoms with Crippen LogP contribution in [0.25, 0.3) is 0 Å². The Morgan fingerprint density at radius 2 is 1.88 bits per heavy atom. The summed E-state index contributed by atoms with van der Waals surface area (Å²) in [7, 11) is 0. The molecule has 25 heavy (non-hydrogen) atoms. The van der Waals surface area contributed by atoms with E-state index in [1.807, 2.05) is 13.8 Å². The van der Waals surface area contributed by atoms with Crippen LogP contribution in [0, 0.1) is 10.1 Å². The number of aromatic hydroxyl groups is 1. The molecule has 8 heteroatoms. The van der Waals surface area contributed by atoms with Crippen LogP contribution in [0.15, 0.2) is 35.3 Å². The highest BCUT2D eigenvalue weighted by molar-refractivity contribution is 6.31. The summed E-state index contributed by atoms with van der Waals surface area (Å²) in [5.74, 6) is 0.652. The van der Waals surface area contributed by atoms with Crippen LogP contribution in [0.2, 0.25) is 5.02 Å². The van der Waals surface area contributed by atoms with Crippen LogP contribution < -0.4 is 9.47 Å². The quantitative estimate of drug-likeness (QED) is 0.443. The number of aliphatic imine (C=N–C) groups is 1. The minimum absolute atomic E-state index is 0.132. The fourth-order valence-electron chi connectivity index (χ4n) is 2.11. The largest absolute Gasteiger partial charge is 0.502 e. The van der Waals surface area contributed by atoms with E-state index in [9.17, 15) is 15.2 Å². The van der Waals surface area contributed by atoms with E-state index < -0.39 is 16.4 Å². The van der Waals surface area contributed by atoms with Crippen molar-refractivity contribution in [1.29, 1.82) is 0 Å². The number of halogens is 1. The van der Waals surface area contributed by atoms with E-state index >= 15 is 0 Å². The van der Waals surface area contributed by atoms with Crippen LogP contribution in [0.4, 0.5) is 11.4 Å². The van der Waals surface area contributed by atoms with Gasteiger partial charge in [-0.25, -0.2) is 0 Å². The molecule has 0 amide bonds. The van der Waals surface area contributed by atoms with E-state index in [2.05, 4.69) is 4.99 Å². The maximum atomic E-state index is 10.9. The highest BCUT2D eigenvalue weighted by atomic mass is 35.5. The molecule has 0 atom stereocenters. The van der Waals surface area contributed by atoms with Gasteiger partial charge in [0, 0.05) is 28.9 Å². The summed E-state index contributed by atoms with van der Waals surface area (Å²) in [4.78, 5) is 14.4. The van der Waals surface area contributed by atoms with Gasteiger partial charge in [-0.2, -0.15) is 0 Å². The summed E-state index contributed by atoms with van der Waals surface area (Å²) in [5, 5.41) is 21.0. The average molecular weight is 365 g/mol. The van der Waals surface area contributed by atoms with Crippen LogP contribution in [-0.4, -0.2) is 29.5 Å². The fraction of sp³-hybridized carbons (Fsp3) is 0.235. The molecule has 1 N–H and O–H groups in total. The molecule has 0 aromatic heterocycles. The second-order valence-corrected chi connectivity index (χ2v) is 5.31. The van der Waals surface area contributed by atoms with Gasteiger partial charge in [0.2, 0.25) is 5.75 Å². The first-order valence-electron chi connectivity index (χ1n) is 7.56. The topological polar surface area (TPSA) is 94.2 Å². The van der Waals surface area contributed by atoms with Crippen molar-refractivity contribution in [3.05, 3.63) is 51.0 Å². The predicted molar refractivity (Wildman–Crippen MR) is 95.8 cm³/mol. The van der Waals surface area contributed by atoms with Crippen molar-refractivity contribution in [2.75, 3.05) is 13.2 Å². The van der Waals surface area contributed by atoms with Crippen molar-refractivity contribution in [1.82, 2.24) is 0 Å². The molecule has 2 aromatic carbocycles. The van der Waals surface area contributed by atoms with Crippen LogP contribution in [0.3, 0.4) is 0 Å². The van der Waals surface area contributed by atoms with Crippen molar-refractivity contribution in [2.24, 2.45) is 4.99 Å². The standard InChI is InChI=1S/C17H17ClN2O5/c1-3-24-15-6-5-13(9-16(15)25-4-2)19-10-11-7-12(18)8-14(17(11)21)20(22)23/h5-10,21H,3-4H2,1-2H3. The van der Waals surface area contributed by atoms with Gasteiger partial charge in [0.25, 0.3) is 0 Å². The molecule has 0 unspecified atom stereocenters. The molecule has 2 rings (SSSR count). The number of benzene rings is 2. The molecule has 0 fully saturated rings. The van der Waals surface area contributed by atoms with E-state index in [-0.39, 0.29) is 10.6 Å². The molecule has 0 spiro atoms. The average Bonchev–Trinajstić information content (AvgIpc) is 2.57. The van der Waals surface area contributed by atoms with Crippen molar-refractivity contribution < 1.29 is 19.5 Å². The number of hydrogen-bond donors (Lipinski definition) is 1. The van der Waals surface area contributed by atoms with Crippen molar-refractivity contribution in [2.45, 2.75) is 13.8 Å². The number of rotatable bonds is 7. The summed E-state index contributed by atoms with van der Waals surface area (Å²) in [5.41, 5.74) is 0.204. The monoisotopic (exact) mass is 364 g/mol. The molecule has 0 bridgehead atoms. The lowest BCUT2D eigenvalue weighted by molar-refractivity contribution is -0.385. The zero-order valence-corrected chi connectivity index (χ0v) is 14.5. The summed E-state index contributed by atoms with van der Waals surface area (Å²) >= 11 is 5.86. The third-order valence-electron chi connectivity index (χ3n) is 3.16. The summed E-state index contributed by atoms with van der Waals surface area (Å²) in [6.45, 7) is 4.70. The lowest BCUT2D eigenvalue weighted by Gasteiger charge is -2.11. The Hall–Kier alpha value is -2.80. The Kier molecular flexibility index (Phi) is 6.19. The number of ether oxygens (including phenoxy) is 2. The molecule has 7 nitrogen and oxygen atoms in total. The highest BCUT2D eigenvalue weighted by Crippen LogP contribution is 2.34. The van der Waals surface area contributed by atoms with Gasteiger partial charge in [0.1, 0.15) is 0 Å². The van der Waals surface area contributed by atoms with Gasteiger partial charge in [-0.1, -0.05) is 11.6 Å². The fourth-order valence-corrected chi connectivity index (χ4v) is 2.33. The molecule has 0 saturated carbocycles. The maximum Gasteiger partial charge on any atom is 0.312 e. The van der Waals surface area contributed by atoms with Crippen LogP contribution in [-0.2, 0) is 0 Å². The van der Waals surface area contributed by atoms with Crippen LogP contribution in [0.5, 0.6) is 17.2 Å². The molecule has 0 aliphatic heterocycles. The van der Waals surface area contributed by atoms with Crippen molar-refractivity contribution in [3.63, 3.8) is 0 Å². The van der Waals surface area contributed by atoms with Crippen molar-refractivity contribution in [3.8, 4) is 17.2 Å². The van der Waals surface area contributed by atoms with E-state index in [1.54, 1.807) is 18.2 Å². The third kappa shape index (κ3) is 4.60. The van der Waals surface area contributed by atoms with Gasteiger partial charge in [0.05, 0.1) is 23.8 Å². The smallest absolute Gasteiger partial charge is 0.312 e. The number of phenols is 1. The number of nitrogens with zero attached hydrogens (tertiary/aromatic N) is 2. The Morgan fingerprint density at radius 3 is 2.52 bits per heavy atom. The highest BCUT2D eigenvalue weighted by Gasteiger charge is 2.17. The normalized spacial score (nSPS) is 10.8. The second kappa shape index (κ2) is 8.34. The Bertz CT molecular complexity index is 808. The van der Waals surface area contributed by atoms with Gasteiger partial charge in [-0.05, 0) is 32.0 Å².